The molecule has 2 rings (SSSR count). The summed E-state index contributed by atoms with van der Waals surface area (Å²) >= 11 is 6.44. The molecule has 0 atom stereocenters. The van der Waals surface area contributed by atoms with E-state index in [4.69, 9.17) is 0 Å². The molecule has 0 amide bonds. The lowest BCUT2D eigenvalue weighted by Crippen LogP contribution is -1.93. The van der Waals surface area contributed by atoms with Crippen LogP contribution in [0.3, 0.4) is 0 Å². The summed E-state index contributed by atoms with van der Waals surface area (Å²) in [6.07, 6.45) is 0. The van der Waals surface area contributed by atoms with Gasteiger partial charge in [0.2, 0.25) is 9.47 Å². The highest BCUT2D eigenvalue weighted by Gasteiger charge is 2.03. The van der Waals surface area contributed by atoms with Gasteiger partial charge in [-0.15, -0.1) is 0 Å². The summed E-state index contributed by atoms with van der Waals surface area (Å²) < 4.78 is 1.05. The van der Waals surface area contributed by atoms with E-state index in [1.54, 1.807) is 0 Å². The molecule has 0 aliphatic rings. The van der Waals surface area contributed by atoms with Gasteiger partial charge in [0.05, 0.1) is 0 Å². The minimum Gasteiger partial charge on any atom is -0.202 e. The largest absolute Gasteiger partial charge is 0.202 e. The van der Waals surface area contributed by atoms with Crippen molar-refractivity contribution in [1.82, 2.24) is 15.0 Å². The fourth-order valence-electron chi connectivity index (χ4n) is 1.04. The molecule has 0 aliphatic heterocycles. The monoisotopic (exact) mass is 313 g/mol. The van der Waals surface area contributed by atoms with Gasteiger partial charge in [0, 0.05) is 5.56 Å². The molecule has 14 heavy (non-hydrogen) atoms. The lowest BCUT2D eigenvalue weighted by Gasteiger charge is -1.99. The standard InChI is InChI=1S/C9H5Br2N3/c10-8-12-7(13-9(11)14-8)6-4-2-1-3-5-6/h1-5H. The fourth-order valence-corrected chi connectivity index (χ4v) is 1.95. The van der Waals surface area contributed by atoms with E-state index in [1.807, 2.05) is 30.3 Å². The van der Waals surface area contributed by atoms with Crippen molar-refractivity contribution in [3.8, 4) is 11.4 Å². The Morgan fingerprint density at radius 1 is 0.786 bits per heavy atom. The van der Waals surface area contributed by atoms with Gasteiger partial charge >= 0.3 is 0 Å². The second-order valence-electron chi connectivity index (χ2n) is 2.56. The number of nitrogens with zero attached hydrogens (tertiary/aromatic N) is 3. The fraction of sp³-hybridized carbons (Fsp3) is 0. The van der Waals surface area contributed by atoms with Crippen LogP contribution < -0.4 is 0 Å². The zero-order chi connectivity index (χ0) is 9.97. The van der Waals surface area contributed by atoms with E-state index in [0.717, 1.165) is 5.56 Å². The minimum absolute atomic E-state index is 0.526. The van der Waals surface area contributed by atoms with Gasteiger partial charge in [-0.3, -0.25) is 0 Å². The van der Waals surface area contributed by atoms with Crippen molar-refractivity contribution >= 4 is 31.9 Å². The highest BCUT2D eigenvalue weighted by atomic mass is 79.9. The lowest BCUT2D eigenvalue weighted by molar-refractivity contribution is 0.984. The van der Waals surface area contributed by atoms with Crippen LogP contribution in [0.2, 0.25) is 0 Å². The van der Waals surface area contributed by atoms with Crippen LogP contribution in [0.1, 0.15) is 0 Å². The number of rotatable bonds is 1. The van der Waals surface area contributed by atoms with Gasteiger partial charge in [-0.2, -0.15) is 4.98 Å². The number of halogens is 2. The summed E-state index contributed by atoms with van der Waals surface area (Å²) in [4.78, 5) is 12.3. The van der Waals surface area contributed by atoms with Crippen molar-refractivity contribution in [3.05, 3.63) is 39.8 Å². The third-order valence-electron chi connectivity index (χ3n) is 1.61. The number of benzene rings is 1. The summed E-state index contributed by atoms with van der Waals surface area (Å²) in [7, 11) is 0. The number of aromatic nitrogens is 3. The summed E-state index contributed by atoms with van der Waals surface area (Å²) in [6.45, 7) is 0. The predicted molar refractivity (Wildman–Crippen MR) is 60.7 cm³/mol. The number of hydrogen-bond donors (Lipinski definition) is 0. The van der Waals surface area contributed by atoms with Crippen LogP contribution in [0.4, 0.5) is 0 Å². The molecule has 1 heterocycles. The minimum atomic E-state index is 0.526. The van der Waals surface area contributed by atoms with E-state index >= 15 is 0 Å². The van der Waals surface area contributed by atoms with Crippen molar-refractivity contribution in [2.75, 3.05) is 0 Å². The first kappa shape index (κ1) is 9.73. The Morgan fingerprint density at radius 2 is 1.36 bits per heavy atom. The van der Waals surface area contributed by atoms with Gasteiger partial charge in [0.25, 0.3) is 0 Å². The SMILES string of the molecule is Brc1nc(Br)nc(-c2ccccc2)n1. The predicted octanol–water partition coefficient (Wildman–Crippen LogP) is 3.06. The molecule has 0 bridgehead atoms. The van der Waals surface area contributed by atoms with Crippen molar-refractivity contribution in [2.24, 2.45) is 0 Å². The molecule has 0 N–H and O–H groups in total. The van der Waals surface area contributed by atoms with E-state index < -0.39 is 0 Å². The maximum Gasteiger partial charge on any atom is 0.201 e. The van der Waals surface area contributed by atoms with Gasteiger partial charge in [0.1, 0.15) is 0 Å². The van der Waals surface area contributed by atoms with Crippen molar-refractivity contribution in [1.29, 1.82) is 0 Å². The molecule has 2 aromatic rings. The average molecular weight is 315 g/mol. The molecule has 0 saturated heterocycles. The topological polar surface area (TPSA) is 38.7 Å². The van der Waals surface area contributed by atoms with Gasteiger partial charge in [0.15, 0.2) is 5.82 Å². The lowest BCUT2D eigenvalue weighted by atomic mass is 10.2. The van der Waals surface area contributed by atoms with E-state index in [-0.39, 0.29) is 0 Å². The molecule has 70 valence electrons. The number of hydrogen-bond acceptors (Lipinski definition) is 3. The van der Waals surface area contributed by atoms with Crippen LogP contribution in [0, 0.1) is 0 Å². The third-order valence-corrected chi connectivity index (χ3v) is 2.32. The van der Waals surface area contributed by atoms with Crippen LogP contribution in [0.25, 0.3) is 11.4 Å². The normalized spacial score (nSPS) is 10.1. The van der Waals surface area contributed by atoms with E-state index in [9.17, 15) is 0 Å². The third kappa shape index (κ3) is 2.16. The van der Waals surface area contributed by atoms with E-state index in [2.05, 4.69) is 46.8 Å². The summed E-state index contributed by atoms with van der Waals surface area (Å²) in [5, 5.41) is 0. The van der Waals surface area contributed by atoms with Crippen LogP contribution >= 0.6 is 31.9 Å². The van der Waals surface area contributed by atoms with Crippen LogP contribution in [0.15, 0.2) is 39.8 Å². The average Bonchev–Trinajstić information content (AvgIpc) is 2.18. The Labute approximate surface area is 97.9 Å². The first-order chi connectivity index (χ1) is 6.75. The highest BCUT2D eigenvalue weighted by molar-refractivity contribution is 9.11. The molecule has 0 saturated carbocycles. The van der Waals surface area contributed by atoms with Crippen molar-refractivity contribution in [2.45, 2.75) is 0 Å². The van der Waals surface area contributed by atoms with Crippen LogP contribution in [-0.4, -0.2) is 15.0 Å². The van der Waals surface area contributed by atoms with E-state index in [1.165, 1.54) is 0 Å². The summed E-state index contributed by atoms with van der Waals surface area (Å²) in [6, 6.07) is 9.75. The molecule has 0 spiro atoms. The molecule has 0 radical (unpaired) electrons. The maximum atomic E-state index is 4.17. The second-order valence-corrected chi connectivity index (χ2v) is 3.98. The Bertz CT molecular complexity index is 425. The van der Waals surface area contributed by atoms with Crippen molar-refractivity contribution < 1.29 is 0 Å². The molecule has 3 nitrogen and oxygen atoms in total. The molecular formula is C9H5Br2N3. The van der Waals surface area contributed by atoms with E-state index in [0.29, 0.717) is 15.3 Å². The second kappa shape index (κ2) is 4.14. The molecule has 1 aromatic carbocycles. The molecule has 5 heteroatoms. The molecule has 0 unspecified atom stereocenters. The van der Waals surface area contributed by atoms with Crippen LogP contribution in [-0.2, 0) is 0 Å². The molecule has 0 aliphatic carbocycles. The highest BCUT2D eigenvalue weighted by Crippen LogP contribution is 2.17. The van der Waals surface area contributed by atoms with Crippen molar-refractivity contribution in [3.63, 3.8) is 0 Å². The first-order valence-electron chi connectivity index (χ1n) is 3.88. The zero-order valence-electron chi connectivity index (χ0n) is 6.98. The molecule has 0 fully saturated rings. The van der Waals surface area contributed by atoms with Gasteiger partial charge < -0.3 is 0 Å². The summed E-state index contributed by atoms with van der Waals surface area (Å²) in [5.74, 6) is 0.652. The first-order valence-corrected chi connectivity index (χ1v) is 5.47. The Kier molecular flexibility index (Phi) is 2.88. The molecule has 1 aromatic heterocycles. The van der Waals surface area contributed by atoms with Gasteiger partial charge in [-0.25, -0.2) is 9.97 Å². The zero-order valence-corrected chi connectivity index (χ0v) is 10.2. The van der Waals surface area contributed by atoms with Gasteiger partial charge in [-0.05, 0) is 31.9 Å². The Balaban J connectivity index is 2.52. The quantitative estimate of drug-likeness (QED) is 0.812. The Morgan fingerprint density at radius 3 is 1.93 bits per heavy atom. The summed E-state index contributed by atoms with van der Waals surface area (Å²) in [5.41, 5.74) is 0.969. The van der Waals surface area contributed by atoms with Gasteiger partial charge in [-0.1, -0.05) is 30.3 Å². The smallest absolute Gasteiger partial charge is 0.201 e. The molecular weight excluding hydrogens is 310 g/mol. The Hall–Kier alpha value is -0.810. The maximum absolute atomic E-state index is 4.17. The van der Waals surface area contributed by atoms with Crippen LogP contribution in [0.5, 0.6) is 0 Å².